The van der Waals surface area contributed by atoms with Crippen molar-refractivity contribution in [3.8, 4) is 5.75 Å². The van der Waals surface area contributed by atoms with E-state index in [0.29, 0.717) is 22.2 Å². The number of amides is 1. The van der Waals surface area contributed by atoms with Gasteiger partial charge in [-0.05, 0) is 22.4 Å². The summed E-state index contributed by atoms with van der Waals surface area (Å²) in [4.78, 5) is 21.7. The number of non-ortho nitro benzene ring substituents is 1. The summed E-state index contributed by atoms with van der Waals surface area (Å²) in [5, 5.41) is 14.6. The van der Waals surface area contributed by atoms with E-state index in [9.17, 15) is 14.9 Å². The van der Waals surface area contributed by atoms with Crippen LogP contribution >= 0.6 is 15.9 Å². The van der Waals surface area contributed by atoms with Crippen molar-refractivity contribution < 1.29 is 14.5 Å². The number of nitro groups is 1. The molecule has 0 saturated carbocycles. The Morgan fingerprint density at radius 3 is 2.86 bits per heavy atom. The molecule has 0 spiro atoms. The van der Waals surface area contributed by atoms with Crippen LogP contribution in [-0.2, 0) is 4.79 Å². The first kappa shape index (κ1) is 17.1. The third-order valence-corrected chi connectivity index (χ3v) is 3.21. The molecule has 0 aliphatic carbocycles. The Bertz CT molecular complexity index is 561. The van der Waals surface area contributed by atoms with Gasteiger partial charge in [-0.3, -0.25) is 14.9 Å². The molecule has 0 aliphatic heterocycles. The van der Waals surface area contributed by atoms with E-state index in [4.69, 9.17) is 4.74 Å². The maximum absolute atomic E-state index is 11.4. The lowest BCUT2D eigenvalue weighted by atomic mass is 10.2. The second-order valence-corrected chi connectivity index (χ2v) is 5.06. The number of unbranched alkanes of at least 4 members (excludes halogenated alkanes) is 1. The van der Waals surface area contributed by atoms with Crippen LogP contribution in [0.4, 0.5) is 5.69 Å². The molecule has 1 amide bonds. The number of halogens is 1. The molecule has 114 valence electrons. The van der Waals surface area contributed by atoms with Crippen LogP contribution in [0.2, 0.25) is 0 Å². The molecule has 0 radical (unpaired) electrons. The number of ether oxygens (including phenoxy) is 1. The molecule has 0 atom stereocenters. The Morgan fingerprint density at radius 2 is 2.29 bits per heavy atom. The van der Waals surface area contributed by atoms with Gasteiger partial charge in [0.05, 0.1) is 22.7 Å². The summed E-state index contributed by atoms with van der Waals surface area (Å²) in [6.45, 7) is 1.99. The molecule has 1 aromatic rings. The predicted octanol–water partition coefficient (Wildman–Crippen LogP) is 3.01. The van der Waals surface area contributed by atoms with E-state index < -0.39 is 4.92 Å². The number of rotatable bonds is 7. The number of carbonyl (C=O) groups is 1. The van der Waals surface area contributed by atoms with Crippen LogP contribution in [0.15, 0.2) is 21.7 Å². The normalized spacial score (nSPS) is 10.6. The van der Waals surface area contributed by atoms with E-state index in [1.54, 1.807) is 0 Å². The average Bonchev–Trinajstić information content (AvgIpc) is 2.44. The van der Waals surface area contributed by atoms with Gasteiger partial charge in [-0.2, -0.15) is 5.10 Å². The van der Waals surface area contributed by atoms with Gasteiger partial charge >= 0.3 is 0 Å². The molecule has 8 heteroatoms. The van der Waals surface area contributed by atoms with E-state index in [2.05, 4.69) is 26.5 Å². The number of nitro benzene ring substituents is 1. The summed E-state index contributed by atoms with van der Waals surface area (Å²) >= 11 is 3.20. The largest absolute Gasteiger partial charge is 0.495 e. The molecule has 0 aromatic heterocycles. The van der Waals surface area contributed by atoms with Crippen LogP contribution in [0, 0.1) is 10.1 Å². The van der Waals surface area contributed by atoms with Gasteiger partial charge in [0.25, 0.3) is 5.69 Å². The van der Waals surface area contributed by atoms with Gasteiger partial charge in [0, 0.05) is 24.1 Å². The molecule has 0 fully saturated rings. The first-order valence-electron chi connectivity index (χ1n) is 6.33. The van der Waals surface area contributed by atoms with Gasteiger partial charge in [-0.25, -0.2) is 5.43 Å². The second kappa shape index (κ2) is 8.35. The third kappa shape index (κ3) is 5.14. The smallest absolute Gasteiger partial charge is 0.271 e. The predicted molar refractivity (Wildman–Crippen MR) is 82.6 cm³/mol. The minimum absolute atomic E-state index is 0.0959. The van der Waals surface area contributed by atoms with E-state index >= 15 is 0 Å². The van der Waals surface area contributed by atoms with Crippen LogP contribution in [-0.4, -0.2) is 24.2 Å². The maximum Gasteiger partial charge on any atom is 0.271 e. The molecule has 1 rings (SSSR count). The standard InChI is InChI=1S/C13H16BrN3O4/c1-3-4-5-12(18)16-15-8-9-6-10(17(19)20)7-11(14)13(9)21-2/h6-8H,3-5H2,1-2H3,(H,16,18)/b15-8+. The van der Waals surface area contributed by atoms with Gasteiger partial charge in [-0.15, -0.1) is 0 Å². The van der Waals surface area contributed by atoms with Crippen LogP contribution in [0.5, 0.6) is 5.75 Å². The number of benzene rings is 1. The first-order valence-corrected chi connectivity index (χ1v) is 7.12. The molecule has 0 heterocycles. The quantitative estimate of drug-likeness (QED) is 0.461. The molecule has 21 heavy (non-hydrogen) atoms. The topological polar surface area (TPSA) is 93.8 Å². The highest BCUT2D eigenvalue weighted by Gasteiger charge is 2.14. The van der Waals surface area contributed by atoms with Crippen molar-refractivity contribution in [2.24, 2.45) is 5.10 Å². The second-order valence-electron chi connectivity index (χ2n) is 4.20. The number of hydrogen-bond donors (Lipinski definition) is 1. The maximum atomic E-state index is 11.4. The summed E-state index contributed by atoms with van der Waals surface area (Å²) in [6, 6.07) is 2.67. The van der Waals surface area contributed by atoms with Gasteiger partial charge in [0.2, 0.25) is 5.91 Å². The minimum Gasteiger partial charge on any atom is -0.495 e. The van der Waals surface area contributed by atoms with Crippen molar-refractivity contribution in [1.29, 1.82) is 0 Å². The monoisotopic (exact) mass is 357 g/mol. The van der Waals surface area contributed by atoms with Gasteiger partial charge in [0.1, 0.15) is 5.75 Å². The highest BCUT2D eigenvalue weighted by atomic mass is 79.9. The number of hydrazone groups is 1. The molecule has 0 unspecified atom stereocenters. The van der Waals surface area contributed by atoms with Gasteiger partial charge in [0.15, 0.2) is 0 Å². The number of nitrogens with zero attached hydrogens (tertiary/aromatic N) is 2. The molecule has 0 saturated heterocycles. The summed E-state index contributed by atoms with van der Waals surface area (Å²) in [6.07, 6.45) is 3.42. The highest BCUT2D eigenvalue weighted by molar-refractivity contribution is 9.10. The van der Waals surface area contributed by atoms with E-state index in [0.717, 1.165) is 12.8 Å². The fourth-order valence-corrected chi connectivity index (χ4v) is 2.21. The number of nitrogens with one attached hydrogen (secondary N) is 1. The number of methoxy groups -OCH3 is 1. The molecule has 0 bridgehead atoms. The van der Waals surface area contributed by atoms with Crippen molar-refractivity contribution in [3.63, 3.8) is 0 Å². The zero-order chi connectivity index (χ0) is 15.8. The van der Waals surface area contributed by atoms with Crippen molar-refractivity contribution in [2.75, 3.05) is 7.11 Å². The lowest BCUT2D eigenvalue weighted by molar-refractivity contribution is -0.385. The Kier molecular flexibility index (Phi) is 6.80. The van der Waals surface area contributed by atoms with E-state index in [1.165, 1.54) is 25.5 Å². The summed E-state index contributed by atoms with van der Waals surface area (Å²) in [5.74, 6) is 0.212. The Hall–Kier alpha value is -1.96. The molecular weight excluding hydrogens is 342 g/mol. The fourth-order valence-electron chi connectivity index (χ4n) is 1.58. The van der Waals surface area contributed by atoms with Crippen LogP contribution in [0.1, 0.15) is 31.7 Å². The van der Waals surface area contributed by atoms with Crippen molar-refractivity contribution in [3.05, 3.63) is 32.3 Å². The number of hydrogen-bond acceptors (Lipinski definition) is 5. The summed E-state index contributed by atoms with van der Waals surface area (Å²) in [7, 11) is 1.45. The lowest BCUT2D eigenvalue weighted by Crippen LogP contribution is -2.16. The van der Waals surface area contributed by atoms with Gasteiger partial charge in [-0.1, -0.05) is 13.3 Å². The molecule has 0 aliphatic rings. The van der Waals surface area contributed by atoms with Gasteiger partial charge < -0.3 is 4.74 Å². The van der Waals surface area contributed by atoms with Crippen LogP contribution in [0.3, 0.4) is 0 Å². The SMILES string of the molecule is CCCCC(=O)N/N=C/c1cc([N+](=O)[O-])cc(Br)c1OC. The summed E-state index contributed by atoms with van der Waals surface area (Å²) < 4.78 is 5.60. The molecule has 7 nitrogen and oxygen atoms in total. The fraction of sp³-hybridized carbons (Fsp3) is 0.385. The lowest BCUT2D eigenvalue weighted by Gasteiger charge is -2.07. The summed E-state index contributed by atoms with van der Waals surface area (Å²) in [5.41, 5.74) is 2.68. The van der Waals surface area contributed by atoms with Crippen molar-refractivity contribution >= 4 is 33.7 Å². The minimum atomic E-state index is -0.513. The molecule has 1 N–H and O–H groups in total. The van der Waals surface area contributed by atoms with Crippen molar-refractivity contribution in [1.82, 2.24) is 5.43 Å². The Balaban J connectivity index is 2.90. The number of carbonyl (C=O) groups excluding carboxylic acids is 1. The third-order valence-electron chi connectivity index (χ3n) is 2.62. The first-order chi connectivity index (χ1) is 9.99. The highest BCUT2D eigenvalue weighted by Crippen LogP contribution is 2.32. The molecule has 1 aromatic carbocycles. The zero-order valence-electron chi connectivity index (χ0n) is 11.8. The van der Waals surface area contributed by atoms with E-state index in [-0.39, 0.29) is 11.6 Å². The van der Waals surface area contributed by atoms with Crippen LogP contribution < -0.4 is 10.2 Å². The average molecular weight is 358 g/mol. The van der Waals surface area contributed by atoms with E-state index in [1.807, 2.05) is 6.92 Å². The van der Waals surface area contributed by atoms with Crippen molar-refractivity contribution in [2.45, 2.75) is 26.2 Å². The zero-order valence-corrected chi connectivity index (χ0v) is 13.3. The Labute approximate surface area is 130 Å². The van der Waals surface area contributed by atoms with Crippen LogP contribution in [0.25, 0.3) is 0 Å². The molecular formula is C13H16BrN3O4. The Morgan fingerprint density at radius 1 is 1.57 bits per heavy atom.